The van der Waals surface area contributed by atoms with Gasteiger partial charge in [0.2, 0.25) is 0 Å². The zero-order valence-corrected chi connectivity index (χ0v) is 32.3. The normalized spacial score (nSPS) is 12.4. The van der Waals surface area contributed by atoms with Crippen LogP contribution < -0.4 is 10.4 Å². The van der Waals surface area contributed by atoms with Crippen LogP contribution in [0.15, 0.2) is 60.7 Å². The molecule has 0 aliphatic rings. The van der Waals surface area contributed by atoms with E-state index in [0.717, 1.165) is 0 Å². The molecule has 0 spiro atoms. The smallest absolute Gasteiger partial charge is 0.332 e. The predicted octanol–water partition coefficient (Wildman–Crippen LogP) is 4.04. The molecule has 12 heteroatoms. The van der Waals surface area contributed by atoms with Crippen LogP contribution >= 0.6 is 0 Å². The summed E-state index contributed by atoms with van der Waals surface area (Å²) in [5.74, 6) is -0.385. The van der Waals surface area contributed by atoms with Crippen molar-refractivity contribution in [2.24, 2.45) is 0 Å². The first kappa shape index (κ1) is 43.9. The fraction of sp³-hybridized carbons (Fsp3) is 0.658. The van der Waals surface area contributed by atoms with Gasteiger partial charge >= 0.3 is 5.97 Å². The Hall–Kier alpha value is -2.23. The molecule has 0 unspecified atom stereocenters. The summed E-state index contributed by atoms with van der Waals surface area (Å²) in [6.45, 7) is 19.7. The summed E-state index contributed by atoms with van der Waals surface area (Å²) in [7, 11) is -2.54. The summed E-state index contributed by atoms with van der Waals surface area (Å²) >= 11 is 0. The molecule has 0 aliphatic heterocycles. The molecular weight excluding hydrogens is 660 g/mol. The Balaban J connectivity index is 1.37. The SMILES string of the molecule is CC(C)(C)OC(=O)COCCOCCOCCOCCOCCOCCOCCOCCO[Si](c1ccccc1)(c1ccccc1)C(C)(C)C. The lowest BCUT2D eigenvalue weighted by atomic mass is 10.2. The van der Waals surface area contributed by atoms with Gasteiger partial charge < -0.3 is 47.1 Å². The first-order chi connectivity index (χ1) is 24.1. The van der Waals surface area contributed by atoms with Crippen LogP contribution in [-0.4, -0.2) is 132 Å². The molecule has 0 aliphatic carbocycles. The van der Waals surface area contributed by atoms with Crippen LogP contribution in [-0.2, 0) is 51.9 Å². The van der Waals surface area contributed by atoms with E-state index >= 15 is 0 Å². The summed E-state index contributed by atoms with van der Waals surface area (Å²) in [5, 5.41) is 2.47. The number of hydrogen-bond acceptors (Lipinski definition) is 11. The van der Waals surface area contributed by atoms with Crippen LogP contribution in [0, 0.1) is 0 Å². The lowest BCUT2D eigenvalue weighted by Crippen LogP contribution is -2.66. The highest BCUT2D eigenvalue weighted by Gasteiger charge is 2.50. The van der Waals surface area contributed by atoms with E-state index in [1.165, 1.54) is 10.4 Å². The van der Waals surface area contributed by atoms with Crippen molar-refractivity contribution in [2.75, 3.05) is 112 Å². The summed E-state index contributed by atoms with van der Waals surface area (Å²) in [4.78, 5) is 11.5. The topological polar surface area (TPSA) is 109 Å². The minimum Gasteiger partial charge on any atom is -0.458 e. The van der Waals surface area contributed by atoms with Crippen molar-refractivity contribution >= 4 is 24.7 Å². The lowest BCUT2D eigenvalue weighted by Gasteiger charge is -2.43. The second-order valence-corrected chi connectivity index (χ2v) is 17.7. The highest BCUT2D eigenvalue weighted by atomic mass is 28.4. The third-order valence-corrected chi connectivity index (χ3v) is 12.2. The molecule has 2 rings (SSSR count). The Morgan fingerprint density at radius 3 is 1.06 bits per heavy atom. The number of rotatable bonds is 29. The van der Waals surface area contributed by atoms with Gasteiger partial charge in [0.25, 0.3) is 8.32 Å². The Kier molecular flexibility index (Phi) is 22.6. The minimum atomic E-state index is -2.54. The largest absolute Gasteiger partial charge is 0.458 e. The maximum atomic E-state index is 11.5. The standard InChI is InChI=1S/C38H62O11Si/c1-37(2,3)49-36(39)33-47-30-29-45-26-25-43-22-21-41-18-17-40-19-20-42-23-24-44-27-28-46-31-32-48-50(38(4,5)6,34-13-9-7-10-14-34)35-15-11-8-12-16-35/h7-16H,17-33H2,1-6H3. The van der Waals surface area contributed by atoms with E-state index in [9.17, 15) is 4.79 Å². The van der Waals surface area contributed by atoms with E-state index in [1.807, 2.05) is 20.8 Å². The number of esters is 1. The maximum absolute atomic E-state index is 11.5. The quantitative estimate of drug-likeness (QED) is 0.0690. The van der Waals surface area contributed by atoms with Gasteiger partial charge in [0, 0.05) is 0 Å². The van der Waals surface area contributed by atoms with Crippen molar-refractivity contribution in [1.82, 2.24) is 0 Å². The van der Waals surface area contributed by atoms with E-state index in [2.05, 4.69) is 81.4 Å². The average Bonchev–Trinajstić information content (AvgIpc) is 3.07. The van der Waals surface area contributed by atoms with Crippen LogP contribution in [0.5, 0.6) is 0 Å². The van der Waals surface area contributed by atoms with Gasteiger partial charge in [-0.3, -0.25) is 0 Å². The molecular formula is C38H62O11Si. The van der Waals surface area contributed by atoms with Gasteiger partial charge in [-0.1, -0.05) is 81.4 Å². The van der Waals surface area contributed by atoms with Crippen molar-refractivity contribution in [1.29, 1.82) is 0 Å². The van der Waals surface area contributed by atoms with Crippen molar-refractivity contribution in [3.63, 3.8) is 0 Å². The molecule has 0 saturated carbocycles. The van der Waals surface area contributed by atoms with E-state index in [-0.39, 0.29) is 17.6 Å². The summed E-state index contributed by atoms with van der Waals surface area (Å²) in [5.41, 5.74) is -0.512. The zero-order chi connectivity index (χ0) is 36.4. The monoisotopic (exact) mass is 722 g/mol. The third kappa shape index (κ3) is 18.8. The van der Waals surface area contributed by atoms with Gasteiger partial charge in [-0.05, 0) is 36.2 Å². The van der Waals surface area contributed by atoms with Gasteiger partial charge in [0.1, 0.15) is 12.2 Å². The van der Waals surface area contributed by atoms with Gasteiger partial charge in [-0.15, -0.1) is 0 Å². The van der Waals surface area contributed by atoms with Crippen LogP contribution in [0.1, 0.15) is 41.5 Å². The number of benzene rings is 2. The third-order valence-electron chi connectivity index (χ3n) is 7.21. The molecule has 0 saturated heterocycles. The molecule has 2 aromatic carbocycles. The van der Waals surface area contributed by atoms with Crippen LogP contribution in [0.2, 0.25) is 5.04 Å². The molecule has 0 bridgehead atoms. The van der Waals surface area contributed by atoms with Gasteiger partial charge in [-0.25, -0.2) is 4.79 Å². The Morgan fingerprint density at radius 1 is 0.460 bits per heavy atom. The Labute approximate surface area is 301 Å². The number of hydrogen-bond donors (Lipinski definition) is 0. The lowest BCUT2D eigenvalue weighted by molar-refractivity contribution is -0.160. The second-order valence-electron chi connectivity index (χ2n) is 13.4. The van der Waals surface area contributed by atoms with Gasteiger partial charge in [0.05, 0.1) is 106 Å². The van der Waals surface area contributed by atoms with E-state index in [1.54, 1.807) is 0 Å². The molecule has 0 fully saturated rings. The molecule has 0 N–H and O–H groups in total. The molecule has 11 nitrogen and oxygen atoms in total. The fourth-order valence-electron chi connectivity index (χ4n) is 5.08. The average molecular weight is 723 g/mol. The second kappa shape index (κ2) is 25.7. The van der Waals surface area contributed by atoms with Crippen LogP contribution in [0.25, 0.3) is 0 Å². The number of carbonyl (C=O) groups is 1. The summed E-state index contributed by atoms with van der Waals surface area (Å²) in [6.07, 6.45) is 0. The van der Waals surface area contributed by atoms with Crippen LogP contribution in [0.4, 0.5) is 0 Å². The minimum absolute atomic E-state index is 0.0591. The molecule has 2 aromatic rings. The van der Waals surface area contributed by atoms with Gasteiger partial charge in [0.15, 0.2) is 0 Å². The summed E-state index contributed by atoms with van der Waals surface area (Å²) in [6, 6.07) is 21.2. The Bertz CT molecular complexity index is 1070. The highest BCUT2D eigenvalue weighted by molar-refractivity contribution is 6.99. The number of carbonyl (C=O) groups excluding carboxylic acids is 1. The fourth-order valence-corrected chi connectivity index (χ4v) is 9.63. The first-order valence-electron chi connectivity index (χ1n) is 17.6. The van der Waals surface area contributed by atoms with E-state index < -0.39 is 13.9 Å². The Morgan fingerprint density at radius 2 is 0.760 bits per heavy atom. The molecule has 0 atom stereocenters. The van der Waals surface area contributed by atoms with Crippen molar-refractivity contribution in [3.05, 3.63) is 60.7 Å². The predicted molar refractivity (Wildman–Crippen MR) is 196 cm³/mol. The molecule has 284 valence electrons. The zero-order valence-electron chi connectivity index (χ0n) is 31.3. The van der Waals surface area contributed by atoms with Crippen molar-refractivity contribution in [3.8, 4) is 0 Å². The van der Waals surface area contributed by atoms with Gasteiger partial charge in [-0.2, -0.15) is 0 Å². The van der Waals surface area contributed by atoms with Crippen LogP contribution in [0.3, 0.4) is 0 Å². The number of ether oxygens (including phenoxy) is 9. The molecule has 0 radical (unpaired) electrons. The van der Waals surface area contributed by atoms with Crippen molar-refractivity contribution < 1.29 is 51.9 Å². The molecule has 0 heterocycles. The van der Waals surface area contributed by atoms with E-state index in [4.69, 9.17) is 47.1 Å². The maximum Gasteiger partial charge on any atom is 0.332 e. The molecule has 0 amide bonds. The van der Waals surface area contributed by atoms with Crippen molar-refractivity contribution in [2.45, 2.75) is 52.2 Å². The van der Waals surface area contributed by atoms with E-state index in [0.29, 0.717) is 106 Å². The first-order valence-corrected chi connectivity index (χ1v) is 19.6. The molecule has 50 heavy (non-hydrogen) atoms. The molecule has 0 aromatic heterocycles. The highest BCUT2D eigenvalue weighted by Crippen LogP contribution is 2.36. The summed E-state index contributed by atoms with van der Waals surface area (Å²) < 4.78 is 56.2.